The zero-order valence-electron chi connectivity index (χ0n) is 9.97. The molecule has 0 aliphatic heterocycles. The molecule has 4 nitrogen and oxygen atoms in total. The van der Waals surface area contributed by atoms with E-state index in [2.05, 4.69) is 21.0 Å². The summed E-state index contributed by atoms with van der Waals surface area (Å²) in [6.45, 7) is 0.516. The minimum Gasteiger partial charge on any atom is -0.492 e. The van der Waals surface area contributed by atoms with Crippen LogP contribution in [0, 0.1) is 0 Å². The van der Waals surface area contributed by atoms with Crippen LogP contribution in [0.15, 0.2) is 34.9 Å². The standard InChI is InChI=1S/C13H13BrN2O2/c1-16-12(4-6-15-16)5-7-18-13-3-2-11(14)8-10(13)9-17/h2-4,6,8-9H,5,7H2,1H3. The molecule has 1 aromatic carbocycles. The summed E-state index contributed by atoms with van der Waals surface area (Å²) < 4.78 is 8.29. The Morgan fingerprint density at radius 1 is 1.44 bits per heavy atom. The topological polar surface area (TPSA) is 44.1 Å². The van der Waals surface area contributed by atoms with Crippen molar-refractivity contribution in [1.29, 1.82) is 0 Å². The molecule has 0 saturated heterocycles. The highest BCUT2D eigenvalue weighted by atomic mass is 79.9. The molecule has 0 atom stereocenters. The van der Waals surface area contributed by atoms with E-state index in [9.17, 15) is 4.79 Å². The number of aromatic nitrogens is 2. The summed E-state index contributed by atoms with van der Waals surface area (Å²) in [6, 6.07) is 7.33. The van der Waals surface area contributed by atoms with Gasteiger partial charge in [-0.2, -0.15) is 5.10 Å². The monoisotopic (exact) mass is 308 g/mol. The quantitative estimate of drug-likeness (QED) is 0.798. The van der Waals surface area contributed by atoms with Gasteiger partial charge < -0.3 is 4.74 Å². The minimum absolute atomic E-state index is 0.516. The van der Waals surface area contributed by atoms with Gasteiger partial charge in [-0.1, -0.05) is 15.9 Å². The van der Waals surface area contributed by atoms with E-state index in [1.54, 1.807) is 18.3 Å². The first-order chi connectivity index (χ1) is 8.70. The van der Waals surface area contributed by atoms with Gasteiger partial charge >= 0.3 is 0 Å². The Kier molecular flexibility index (Phi) is 4.15. The van der Waals surface area contributed by atoms with Crippen LogP contribution < -0.4 is 4.74 Å². The molecule has 2 aromatic rings. The maximum Gasteiger partial charge on any atom is 0.153 e. The maximum atomic E-state index is 10.9. The van der Waals surface area contributed by atoms with Crippen molar-refractivity contribution in [2.24, 2.45) is 7.05 Å². The molecule has 0 fully saturated rings. The molecule has 94 valence electrons. The van der Waals surface area contributed by atoms with Crippen molar-refractivity contribution in [3.05, 3.63) is 46.2 Å². The second-order valence-corrected chi connectivity index (χ2v) is 4.76. The molecule has 0 aliphatic carbocycles. The molecule has 0 saturated carbocycles. The molecule has 1 heterocycles. The molecule has 0 N–H and O–H groups in total. The number of aldehydes is 1. The van der Waals surface area contributed by atoms with Gasteiger partial charge in [-0.15, -0.1) is 0 Å². The second kappa shape index (κ2) is 5.82. The summed E-state index contributed by atoms with van der Waals surface area (Å²) in [5, 5.41) is 4.09. The van der Waals surface area contributed by atoms with E-state index < -0.39 is 0 Å². The van der Waals surface area contributed by atoms with Gasteiger partial charge in [-0.05, 0) is 24.3 Å². The van der Waals surface area contributed by atoms with Crippen LogP contribution in [0.1, 0.15) is 16.1 Å². The summed E-state index contributed by atoms with van der Waals surface area (Å²) in [7, 11) is 1.89. The molecule has 1 aromatic heterocycles. The van der Waals surface area contributed by atoms with E-state index in [0.29, 0.717) is 17.9 Å². The van der Waals surface area contributed by atoms with Crippen molar-refractivity contribution in [2.75, 3.05) is 6.61 Å². The van der Waals surface area contributed by atoms with Crippen molar-refractivity contribution in [2.45, 2.75) is 6.42 Å². The van der Waals surface area contributed by atoms with Crippen molar-refractivity contribution < 1.29 is 9.53 Å². The smallest absolute Gasteiger partial charge is 0.153 e. The van der Waals surface area contributed by atoms with Crippen LogP contribution in [0.5, 0.6) is 5.75 Å². The number of carbonyl (C=O) groups excluding carboxylic acids is 1. The maximum absolute atomic E-state index is 10.9. The van der Waals surface area contributed by atoms with Gasteiger partial charge in [0.2, 0.25) is 0 Å². The van der Waals surface area contributed by atoms with Gasteiger partial charge in [0.15, 0.2) is 6.29 Å². The average Bonchev–Trinajstić information content (AvgIpc) is 2.77. The molecule has 0 amide bonds. The SMILES string of the molecule is Cn1nccc1CCOc1ccc(Br)cc1C=O. The third-order valence-electron chi connectivity index (χ3n) is 2.64. The van der Waals surface area contributed by atoms with Crippen LogP contribution in [0.2, 0.25) is 0 Å². The highest BCUT2D eigenvalue weighted by Crippen LogP contribution is 2.21. The van der Waals surface area contributed by atoms with Crippen molar-refractivity contribution in [3.8, 4) is 5.75 Å². The van der Waals surface area contributed by atoms with Crippen molar-refractivity contribution in [3.63, 3.8) is 0 Å². The first-order valence-corrected chi connectivity index (χ1v) is 6.34. The van der Waals surface area contributed by atoms with Crippen LogP contribution in [0.3, 0.4) is 0 Å². The van der Waals surface area contributed by atoms with Gasteiger partial charge in [-0.3, -0.25) is 9.48 Å². The summed E-state index contributed by atoms with van der Waals surface area (Å²) in [5.41, 5.74) is 1.65. The Morgan fingerprint density at radius 3 is 2.94 bits per heavy atom. The molecule has 18 heavy (non-hydrogen) atoms. The fourth-order valence-electron chi connectivity index (χ4n) is 1.65. The lowest BCUT2D eigenvalue weighted by atomic mass is 10.2. The van der Waals surface area contributed by atoms with Gasteiger partial charge in [0.1, 0.15) is 5.75 Å². The first-order valence-electron chi connectivity index (χ1n) is 5.55. The van der Waals surface area contributed by atoms with Crippen LogP contribution in [0.25, 0.3) is 0 Å². The Balaban J connectivity index is 1.98. The number of nitrogens with zero attached hydrogens (tertiary/aromatic N) is 2. The number of hydrogen-bond acceptors (Lipinski definition) is 3. The lowest BCUT2D eigenvalue weighted by Crippen LogP contribution is -2.07. The highest BCUT2D eigenvalue weighted by molar-refractivity contribution is 9.10. The minimum atomic E-state index is 0.516. The molecule has 0 radical (unpaired) electrons. The third kappa shape index (κ3) is 2.98. The number of rotatable bonds is 5. The van der Waals surface area contributed by atoms with Crippen LogP contribution >= 0.6 is 15.9 Å². The lowest BCUT2D eigenvalue weighted by molar-refractivity contribution is 0.111. The second-order valence-electron chi connectivity index (χ2n) is 3.84. The molecule has 5 heteroatoms. The van der Waals surface area contributed by atoms with Gasteiger partial charge in [-0.25, -0.2) is 0 Å². The predicted octanol–water partition coefficient (Wildman–Crippen LogP) is 2.62. The van der Waals surface area contributed by atoms with Gasteiger partial charge in [0.25, 0.3) is 0 Å². The Labute approximate surface area is 114 Å². The molecule has 2 rings (SSSR count). The number of carbonyl (C=O) groups is 1. The number of aryl methyl sites for hydroxylation is 1. The lowest BCUT2D eigenvalue weighted by Gasteiger charge is -2.08. The van der Waals surface area contributed by atoms with Crippen LogP contribution in [0.4, 0.5) is 0 Å². The molecular formula is C13H13BrN2O2. The average molecular weight is 309 g/mol. The molecule has 0 aliphatic rings. The Hall–Kier alpha value is -1.62. The number of benzene rings is 1. The van der Waals surface area contributed by atoms with Crippen LogP contribution in [-0.4, -0.2) is 22.7 Å². The van der Waals surface area contributed by atoms with Gasteiger partial charge in [0.05, 0.1) is 12.2 Å². The van der Waals surface area contributed by atoms with E-state index in [0.717, 1.165) is 22.9 Å². The molecular weight excluding hydrogens is 296 g/mol. The molecule has 0 unspecified atom stereocenters. The van der Waals surface area contributed by atoms with E-state index in [4.69, 9.17) is 4.74 Å². The summed E-state index contributed by atoms with van der Waals surface area (Å²) in [5.74, 6) is 0.607. The Bertz CT molecular complexity index is 552. The van der Waals surface area contributed by atoms with E-state index in [1.165, 1.54) is 0 Å². The van der Waals surface area contributed by atoms with E-state index in [1.807, 2.05) is 23.9 Å². The molecule has 0 spiro atoms. The summed E-state index contributed by atoms with van der Waals surface area (Å²) in [4.78, 5) is 10.9. The number of ether oxygens (including phenoxy) is 1. The van der Waals surface area contributed by atoms with Crippen molar-refractivity contribution in [1.82, 2.24) is 9.78 Å². The Morgan fingerprint density at radius 2 is 2.28 bits per heavy atom. The fourth-order valence-corrected chi connectivity index (χ4v) is 2.03. The summed E-state index contributed by atoms with van der Waals surface area (Å²) in [6.07, 6.45) is 3.31. The third-order valence-corrected chi connectivity index (χ3v) is 3.13. The molecule has 0 bridgehead atoms. The van der Waals surface area contributed by atoms with Gasteiger partial charge in [0, 0.05) is 29.8 Å². The van der Waals surface area contributed by atoms with Crippen LogP contribution in [-0.2, 0) is 13.5 Å². The number of halogens is 1. The van der Waals surface area contributed by atoms with E-state index in [-0.39, 0.29) is 0 Å². The largest absolute Gasteiger partial charge is 0.492 e. The predicted molar refractivity (Wildman–Crippen MR) is 71.9 cm³/mol. The first kappa shape index (κ1) is 12.8. The van der Waals surface area contributed by atoms with Crippen molar-refractivity contribution >= 4 is 22.2 Å². The fraction of sp³-hybridized carbons (Fsp3) is 0.231. The normalized spacial score (nSPS) is 10.3. The number of hydrogen-bond donors (Lipinski definition) is 0. The summed E-state index contributed by atoms with van der Waals surface area (Å²) >= 11 is 3.32. The zero-order valence-corrected chi connectivity index (χ0v) is 11.6. The highest BCUT2D eigenvalue weighted by Gasteiger charge is 2.04. The van der Waals surface area contributed by atoms with E-state index >= 15 is 0 Å². The zero-order chi connectivity index (χ0) is 13.0.